The highest BCUT2D eigenvalue weighted by atomic mass is 32.2. The molecule has 0 spiro atoms. The van der Waals surface area contributed by atoms with Crippen molar-refractivity contribution in [2.24, 2.45) is 0 Å². The van der Waals surface area contributed by atoms with Crippen LogP contribution in [-0.4, -0.2) is 26.4 Å². The summed E-state index contributed by atoms with van der Waals surface area (Å²) in [5.74, 6) is -0.317. The number of anilines is 2. The van der Waals surface area contributed by atoms with E-state index >= 15 is 0 Å². The van der Waals surface area contributed by atoms with Gasteiger partial charge in [-0.05, 0) is 48.7 Å². The maximum absolute atomic E-state index is 13.0. The lowest BCUT2D eigenvalue weighted by atomic mass is 10.3. The second-order valence-electron chi connectivity index (χ2n) is 6.74. The number of thiazole rings is 1. The fourth-order valence-corrected chi connectivity index (χ4v) is 5.89. The van der Waals surface area contributed by atoms with Crippen LogP contribution in [0.2, 0.25) is 0 Å². The van der Waals surface area contributed by atoms with Gasteiger partial charge in [0, 0.05) is 23.7 Å². The Hall–Kier alpha value is -3.01. The van der Waals surface area contributed by atoms with Gasteiger partial charge in [0.15, 0.2) is 0 Å². The molecule has 31 heavy (non-hydrogen) atoms. The highest BCUT2D eigenvalue weighted by molar-refractivity contribution is 7.92. The van der Waals surface area contributed by atoms with E-state index in [-0.39, 0.29) is 10.8 Å². The zero-order valence-electron chi connectivity index (χ0n) is 16.8. The van der Waals surface area contributed by atoms with Gasteiger partial charge < -0.3 is 5.32 Å². The van der Waals surface area contributed by atoms with Crippen LogP contribution in [0.25, 0.3) is 10.6 Å². The van der Waals surface area contributed by atoms with Crippen LogP contribution in [0, 0.1) is 6.92 Å². The minimum Gasteiger partial charge on any atom is -0.321 e. The Morgan fingerprint density at radius 1 is 1.06 bits per heavy atom. The van der Waals surface area contributed by atoms with Gasteiger partial charge in [-0.3, -0.25) is 9.10 Å². The van der Waals surface area contributed by atoms with Crippen molar-refractivity contribution < 1.29 is 13.2 Å². The maximum atomic E-state index is 13.0. The van der Waals surface area contributed by atoms with Crippen LogP contribution in [0.5, 0.6) is 0 Å². The van der Waals surface area contributed by atoms with Gasteiger partial charge in [0.2, 0.25) is 0 Å². The highest BCUT2D eigenvalue weighted by Crippen LogP contribution is 2.30. The number of sulfonamides is 1. The van der Waals surface area contributed by atoms with Crippen molar-refractivity contribution in [3.63, 3.8) is 0 Å². The molecule has 4 rings (SSSR count). The third-order valence-electron chi connectivity index (χ3n) is 4.64. The predicted octanol–water partition coefficient (Wildman–Crippen LogP) is 5.26. The minimum absolute atomic E-state index is 0.0941. The SMILES string of the molecule is Cc1nc(-c2ccsc2)sc1C(=O)Nc1cccc(S(=O)(=O)N(C)c2ccccc2)c1. The average molecular weight is 470 g/mol. The fourth-order valence-electron chi connectivity index (χ4n) is 2.97. The van der Waals surface area contributed by atoms with Crippen molar-refractivity contribution in [1.29, 1.82) is 0 Å². The molecule has 1 amide bonds. The Balaban J connectivity index is 1.57. The van der Waals surface area contributed by atoms with Gasteiger partial charge in [-0.25, -0.2) is 13.4 Å². The molecule has 2 heterocycles. The Labute approximate surface area is 188 Å². The van der Waals surface area contributed by atoms with Crippen LogP contribution in [0.3, 0.4) is 0 Å². The zero-order valence-corrected chi connectivity index (χ0v) is 19.2. The van der Waals surface area contributed by atoms with Crippen LogP contribution >= 0.6 is 22.7 Å². The van der Waals surface area contributed by atoms with Gasteiger partial charge in [0.1, 0.15) is 9.88 Å². The normalized spacial score (nSPS) is 11.3. The number of thiophene rings is 1. The maximum Gasteiger partial charge on any atom is 0.267 e. The molecule has 2 aromatic carbocycles. The Morgan fingerprint density at radius 2 is 1.84 bits per heavy atom. The molecular weight excluding hydrogens is 450 g/mol. The molecule has 0 bridgehead atoms. The van der Waals surface area contributed by atoms with E-state index in [0.717, 1.165) is 10.6 Å². The molecule has 0 aliphatic rings. The van der Waals surface area contributed by atoms with Crippen LogP contribution in [0.1, 0.15) is 15.4 Å². The molecule has 1 N–H and O–H groups in total. The molecule has 0 aliphatic carbocycles. The summed E-state index contributed by atoms with van der Waals surface area (Å²) in [6, 6.07) is 17.0. The first-order chi connectivity index (χ1) is 14.9. The van der Waals surface area contributed by atoms with E-state index in [1.807, 2.05) is 22.9 Å². The van der Waals surface area contributed by atoms with E-state index in [9.17, 15) is 13.2 Å². The van der Waals surface area contributed by atoms with Gasteiger partial charge in [-0.2, -0.15) is 11.3 Å². The molecule has 158 valence electrons. The number of nitrogens with one attached hydrogen (secondary N) is 1. The Bertz CT molecular complexity index is 1310. The number of aromatic nitrogens is 1. The third-order valence-corrected chi connectivity index (χ3v) is 8.31. The van der Waals surface area contributed by atoms with E-state index in [1.54, 1.807) is 54.7 Å². The molecular formula is C22H19N3O3S3. The predicted molar refractivity (Wildman–Crippen MR) is 127 cm³/mol. The number of carbonyl (C=O) groups is 1. The molecule has 0 atom stereocenters. The number of para-hydroxylation sites is 1. The molecule has 0 aliphatic heterocycles. The number of aryl methyl sites for hydroxylation is 1. The summed E-state index contributed by atoms with van der Waals surface area (Å²) < 4.78 is 27.3. The molecule has 0 fully saturated rings. The van der Waals surface area contributed by atoms with E-state index in [0.29, 0.717) is 21.9 Å². The monoisotopic (exact) mass is 469 g/mol. The quantitative estimate of drug-likeness (QED) is 0.418. The summed E-state index contributed by atoms with van der Waals surface area (Å²) in [6.45, 7) is 1.79. The number of carbonyl (C=O) groups excluding carboxylic acids is 1. The lowest BCUT2D eigenvalue weighted by molar-refractivity contribution is 0.102. The highest BCUT2D eigenvalue weighted by Gasteiger charge is 2.22. The van der Waals surface area contributed by atoms with Crippen molar-refractivity contribution in [3.8, 4) is 10.6 Å². The molecule has 6 nitrogen and oxygen atoms in total. The number of hydrogen-bond donors (Lipinski definition) is 1. The number of hydrogen-bond acceptors (Lipinski definition) is 6. The number of benzene rings is 2. The first kappa shape index (κ1) is 21.2. The van der Waals surface area contributed by atoms with E-state index in [4.69, 9.17) is 0 Å². The second-order valence-corrected chi connectivity index (χ2v) is 10.5. The molecule has 0 saturated carbocycles. The molecule has 0 saturated heterocycles. The number of amides is 1. The summed E-state index contributed by atoms with van der Waals surface area (Å²) in [5, 5.41) is 7.53. The van der Waals surface area contributed by atoms with Gasteiger partial charge in [-0.1, -0.05) is 24.3 Å². The standard InChI is InChI=1S/C22H19N3O3S3/c1-15-20(30-22(23-15)16-11-12-29-14-16)21(26)24-17-7-6-10-19(13-17)31(27,28)25(2)18-8-4-3-5-9-18/h3-14H,1-2H3,(H,24,26). The van der Waals surface area contributed by atoms with Crippen LogP contribution in [0.15, 0.2) is 76.3 Å². The van der Waals surface area contributed by atoms with E-state index in [2.05, 4.69) is 10.3 Å². The summed E-state index contributed by atoms with van der Waals surface area (Å²) in [5.41, 5.74) is 2.57. The van der Waals surface area contributed by atoms with Crippen molar-refractivity contribution >= 4 is 50.0 Å². The van der Waals surface area contributed by atoms with Crippen LogP contribution < -0.4 is 9.62 Å². The smallest absolute Gasteiger partial charge is 0.267 e. The van der Waals surface area contributed by atoms with Gasteiger partial charge in [-0.15, -0.1) is 11.3 Å². The summed E-state index contributed by atoms with van der Waals surface area (Å²) in [6.07, 6.45) is 0. The van der Waals surface area contributed by atoms with Crippen molar-refractivity contribution in [1.82, 2.24) is 4.98 Å². The van der Waals surface area contributed by atoms with Crippen molar-refractivity contribution in [2.75, 3.05) is 16.7 Å². The largest absolute Gasteiger partial charge is 0.321 e. The number of rotatable bonds is 6. The first-order valence-corrected chi connectivity index (χ1v) is 12.5. The third kappa shape index (κ3) is 4.39. The Kier molecular flexibility index (Phi) is 5.90. The van der Waals surface area contributed by atoms with Crippen LogP contribution in [-0.2, 0) is 10.0 Å². The van der Waals surface area contributed by atoms with Gasteiger partial charge in [0.25, 0.3) is 15.9 Å². The second kappa shape index (κ2) is 8.62. The Morgan fingerprint density at radius 3 is 2.55 bits per heavy atom. The summed E-state index contributed by atoms with van der Waals surface area (Å²) in [7, 11) is -2.27. The summed E-state index contributed by atoms with van der Waals surface area (Å²) in [4.78, 5) is 17.9. The number of nitrogens with zero attached hydrogens (tertiary/aromatic N) is 2. The van der Waals surface area contributed by atoms with Gasteiger partial charge >= 0.3 is 0 Å². The zero-order chi connectivity index (χ0) is 22.0. The molecule has 9 heteroatoms. The minimum atomic E-state index is -3.78. The first-order valence-electron chi connectivity index (χ1n) is 9.31. The molecule has 4 aromatic rings. The molecule has 2 aromatic heterocycles. The molecule has 0 radical (unpaired) electrons. The average Bonchev–Trinajstić information content (AvgIpc) is 3.44. The summed E-state index contributed by atoms with van der Waals surface area (Å²) >= 11 is 2.88. The van der Waals surface area contributed by atoms with E-state index in [1.165, 1.54) is 34.8 Å². The van der Waals surface area contributed by atoms with Crippen molar-refractivity contribution in [2.45, 2.75) is 11.8 Å². The molecule has 0 unspecified atom stereocenters. The lowest BCUT2D eigenvalue weighted by Crippen LogP contribution is -2.26. The van der Waals surface area contributed by atoms with E-state index < -0.39 is 10.0 Å². The fraction of sp³-hybridized carbons (Fsp3) is 0.0909. The van der Waals surface area contributed by atoms with Gasteiger partial charge in [0.05, 0.1) is 16.3 Å². The topological polar surface area (TPSA) is 79.4 Å². The van der Waals surface area contributed by atoms with Crippen LogP contribution in [0.4, 0.5) is 11.4 Å². The lowest BCUT2D eigenvalue weighted by Gasteiger charge is -2.19. The van der Waals surface area contributed by atoms with Crippen molar-refractivity contribution in [3.05, 3.63) is 82.0 Å².